The largest absolute Gasteiger partial charge is 0.478 e. The van der Waals surface area contributed by atoms with E-state index in [0.717, 1.165) is 25.3 Å². The van der Waals surface area contributed by atoms with E-state index < -0.39 is 11.7 Å². The van der Waals surface area contributed by atoms with Crippen LogP contribution in [-0.4, -0.2) is 23.6 Å². The Morgan fingerprint density at radius 2 is 1.92 bits per heavy atom. The number of hydrogen-bond acceptors (Lipinski definition) is 4. The zero-order valence-corrected chi connectivity index (χ0v) is 15.6. The first-order valence-corrected chi connectivity index (χ1v) is 8.69. The molecule has 1 aromatic heterocycles. The van der Waals surface area contributed by atoms with Crippen LogP contribution in [-0.2, 0) is 6.18 Å². The predicted molar refractivity (Wildman–Crippen MR) is 96.8 cm³/mol. The molecule has 0 fully saturated rings. The number of aryl methyl sites for hydroxylation is 1. The number of rotatable bonds is 7. The third kappa shape index (κ3) is 4.78. The van der Waals surface area contributed by atoms with Crippen LogP contribution in [0.25, 0.3) is 11.3 Å². The molecule has 0 radical (unpaired) electrons. The van der Waals surface area contributed by atoms with E-state index >= 15 is 0 Å². The number of anilines is 1. The van der Waals surface area contributed by atoms with Gasteiger partial charge in [0.25, 0.3) is 5.88 Å². The van der Waals surface area contributed by atoms with Gasteiger partial charge in [-0.3, -0.25) is 0 Å². The number of nitrogens with zero attached hydrogens (tertiary/aromatic N) is 2. The van der Waals surface area contributed by atoms with Crippen LogP contribution in [0.2, 0.25) is 5.02 Å². The molecule has 4 nitrogen and oxygen atoms in total. The number of halogens is 4. The second kappa shape index (κ2) is 8.58. The Hall–Kier alpha value is -2.02. The second-order valence-electron chi connectivity index (χ2n) is 5.84. The molecule has 2 aromatic rings. The van der Waals surface area contributed by atoms with E-state index in [1.807, 2.05) is 0 Å². The second-order valence-corrected chi connectivity index (χ2v) is 6.27. The van der Waals surface area contributed by atoms with Gasteiger partial charge in [-0.25, -0.2) is 9.97 Å². The van der Waals surface area contributed by atoms with Crippen LogP contribution in [0.5, 0.6) is 5.88 Å². The Kier molecular flexibility index (Phi) is 6.69. The van der Waals surface area contributed by atoms with E-state index in [2.05, 4.69) is 22.2 Å². The SMILES string of the molecule is CCCCCNc1nc(C)c(-c2ccc(Cl)cc2C(F)(F)F)nc1OC. The number of hydrogen-bond donors (Lipinski definition) is 1. The fourth-order valence-electron chi connectivity index (χ4n) is 2.56. The van der Waals surface area contributed by atoms with Gasteiger partial charge in [-0.15, -0.1) is 0 Å². The van der Waals surface area contributed by atoms with Crippen molar-refractivity contribution in [1.82, 2.24) is 9.97 Å². The highest BCUT2D eigenvalue weighted by atomic mass is 35.5. The van der Waals surface area contributed by atoms with Crippen LogP contribution in [0.3, 0.4) is 0 Å². The van der Waals surface area contributed by atoms with Crippen molar-refractivity contribution in [3.05, 3.63) is 34.5 Å². The minimum atomic E-state index is -4.56. The molecule has 0 bridgehead atoms. The molecule has 0 spiro atoms. The van der Waals surface area contributed by atoms with Crippen molar-refractivity contribution in [3.63, 3.8) is 0 Å². The van der Waals surface area contributed by atoms with Crippen LogP contribution < -0.4 is 10.1 Å². The summed E-state index contributed by atoms with van der Waals surface area (Å²) in [5.41, 5.74) is -0.447. The number of alkyl halides is 3. The van der Waals surface area contributed by atoms with Crippen molar-refractivity contribution in [3.8, 4) is 17.1 Å². The lowest BCUT2D eigenvalue weighted by Gasteiger charge is -2.16. The predicted octanol–water partition coefficient (Wildman–Crippen LogP) is 5.73. The Balaban J connectivity index is 2.45. The third-order valence-corrected chi connectivity index (χ3v) is 4.08. The molecule has 2 rings (SSSR count). The maximum absolute atomic E-state index is 13.4. The van der Waals surface area contributed by atoms with Crippen molar-refractivity contribution in [2.24, 2.45) is 0 Å². The molecule has 142 valence electrons. The molecule has 0 aliphatic carbocycles. The molecule has 0 atom stereocenters. The number of aromatic nitrogens is 2. The summed E-state index contributed by atoms with van der Waals surface area (Å²) >= 11 is 5.75. The van der Waals surface area contributed by atoms with Crippen LogP contribution >= 0.6 is 11.6 Å². The van der Waals surface area contributed by atoms with Gasteiger partial charge in [0.15, 0.2) is 5.82 Å². The summed E-state index contributed by atoms with van der Waals surface area (Å²) in [6.45, 7) is 4.41. The smallest absolute Gasteiger partial charge is 0.417 e. The van der Waals surface area contributed by atoms with Crippen molar-refractivity contribution in [1.29, 1.82) is 0 Å². The summed E-state index contributed by atoms with van der Waals surface area (Å²) in [5.74, 6) is 0.581. The summed E-state index contributed by atoms with van der Waals surface area (Å²) in [7, 11) is 1.41. The summed E-state index contributed by atoms with van der Waals surface area (Å²) in [6.07, 6.45) is -1.45. The van der Waals surface area contributed by atoms with Gasteiger partial charge in [0, 0.05) is 17.1 Å². The van der Waals surface area contributed by atoms with Crippen LogP contribution in [0.15, 0.2) is 18.2 Å². The minimum absolute atomic E-state index is 0.00728. The van der Waals surface area contributed by atoms with E-state index in [0.29, 0.717) is 18.1 Å². The van der Waals surface area contributed by atoms with Crippen LogP contribution in [0.1, 0.15) is 37.4 Å². The molecular formula is C18H21ClF3N3O. The fourth-order valence-corrected chi connectivity index (χ4v) is 2.73. The lowest BCUT2D eigenvalue weighted by Crippen LogP contribution is -2.11. The fraction of sp³-hybridized carbons (Fsp3) is 0.444. The highest BCUT2D eigenvalue weighted by molar-refractivity contribution is 6.30. The molecule has 0 amide bonds. The van der Waals surface area contributed by atoms with Gasteiger partial charge in [0.1, 0.15) is 0 Å². The van der Waals surface area contributed by atoms with Gasteiger partial charge in [-0.05, 0) is 25.5 Å². The molecule has 1 aromatic carbocycles. The number of benzene rings is 1. The summed E-state index contributed by atoms with van der Waals surface area (Å²) in [6, 6.07) is 3.59. The van der Waals surface area contributed by atoms with Gasteiger partial charge >= 0.3 is 6.18 Å². The Morgan fingerprint density at radius 3 is 2.54 bits per heavy atom. The van der Waals surface area contributed by atoms with Gasteiger partial charge in [0.05, 0.1) is 24.1 Å². The van der Waals surface area contributed by atoms with Crippen molar-refractivity contribution < 1.29 is 17.9 Å². The van der Waals surface area contributed by atoms with E-state index in [1.165, 1.54) is 19.2 Å². The van der Waals surface area contributed by atoms with Crippen molar-refractivity contribution in [2.75, 3.05) is 19.0 Å². The zero-order chi connectivity index (χ0) is 19.3. The van der Waals surface area contributed by atoms with E-state index in [9.17, 15) is 13.2 Å². The van der Waals surface area contributed by atoms with E-state index in [1.54, 1.807) is 6.92 Å². The molecule has 26 heavy (non-hydrogen) atoms. The zero-order valence-electron chi connectivity index (χ0n) is 14.9. The summed E-state index contributed by atoms with van der Waals surface area (Å²) in [4.78, 5) is 8.64. The molecule has 0 aliphatic heterocycles. The molecule has 0 aliphatic rings. The maximum Gasteiger partial charge on any atom is 0.417 e. The quantitative estimate of drug-likeness (QED) is 0.616. The van der Waals surface area contributed by atoms with Gasteiger partial charge in [-0.2, -0.15) is 13.2 Å². The molecule has 1 heterocycles. The number of nitrogens with one attached hydrogen (secondary N) is 1. The summed E-state index contributed by atoms with van der Waals surface area (Å²) in [5, 5.41) is 3.14. The first-order valence-electron chi connectivity index (χ1n) is 8.31. The summed E-state index contributed by atoms with van der Waals surface area (Å²) < 4.78 is 45.4. The van der Waals surface area contributed by atoms with Crippen molar-refractivity contribution in [2.45, 2.75) is 39.3 Å². The molecule has 0 saturated carbocycles. The number of methoxy groups -OCH3 is 1. The Bertz CT molecular complexity index is 766. The van der Waals surface area contributed by atoms with Gasteiger partial charge in [-0.1, -0.05) is 37.4 Å². The lowest BCUT2D eigenvalue weighted by molar-refractivity contribution is -0.137. The molecule has 8 heteroatoms. The number of ether oxygens (including phenoxy) is 1. The molecular weight excluding hydrogens is 367 g/mol. The molecule has 1 N–H and O–H groups in total. The monoisotopic (exact) mass is 387 g/mol. The standard InChI is InChI=1S/C18H21ClF3N3O/c1-4-5-6-9-23-16-17(26-3)25-15(11(2)24-16)13-8-7-12(19)10-14(13)18(20,21)22/h7-8,10H,4-6,9H2,1-3H3,(H,23,24). The van der Waals surface area contributed by atoms with Crippen LogP contribution in [0, 0.1) is 6.92 Å². The van der Waals surface area contributed by atoms with Crippen molar-refractivity contribution >= 4 is 17.4 Å². The first kappa shape index (κ1) is 20.3. The third-order valence-electron chi connectivity index (χ3n) is 3.85. The Labute approximate surface area is 155 Å². The minimum Gasteiger partial charge on any atom is -0.478 e. The average molecular weight is 388 g/mol. The normalized spacial score (nSPS) is 11.5. The maximum atomic E-state index is 13.4. The lowest BCUT2D eigenvalue weighted by atomic mass is 10.0. The first-order chi connectivity index (χ1) is 12.3. The van der Waals surface area contributed by atoms with Gasteiger partial charge in [0.2, 0.25) is 0 Å². The van der Waals surface area contributed by atoms with Gasteiger partial charge < -0.3 is 10.1 Å². The highest BCUT2D eigenvalue weighted by Crippen LogP contribution is 2.39. The number of unbranched alkanes of at least 4 members (excludes halogenated alkanes) is 2. The molecule has 0 saturated heterocycles. The topological polar surface area (TPSA) is 47.0 Å². The highest BCUT2D eigenvalue weighted by Gasteiger charge is 2.35. The average Bonchev–Trinajstić information content (AvgIpc) is 2.58. The Morgan fingerprint density at radius 1 is 1.19 bits per heavy atom. The molecule has 0 unspecified atom stereocenters. The van der Waals surface area contributed by atoms with E-state index in [-0.39, 0.29) is 22.2 Å². The van der Waals surface area contributed by atoms with E-state index in [4.69, 9.17) is 16.3 Å². The van der Waals surface area contributed by atoms with Crippen LogP contribution in [0.4, 0.5) is 19.0 Å².